The summed E-state index contributed by atoms with van der Waals surface area (Å²) >= 11 is 0. The first-order valence-corrected chi connectivity index (χ1v) is 9.35. The third kappa shape index (κ3) is 4.11. The molecule has 4 rings (SSSR count). The van der Waals surface area contributed by atoms with Crippen molar-refractivity contribution in [1.29, 1.82) is 0 Å². The first kappa shape index (κ1) is 21.3. The van der Waals surface area contributed by atoms with Crippen LogP contribution in [-0.4, -0.2) is 26.8 Å². The van der Waals surface area contributed by atoms with E-state index in [0.29, 0.717) is 16.9 Å². The van der Waals surface area contributed by atoms with Gasteiger partial charge < -0.3 is 10.2 Å². The predicted octanol–water partition coefficient (Wildman–Crippen LogP) is 2.35. The molecule has 0 unspecified atom stereocenters. The Morgan fingerprint density at radius 2 is 1.62 bits per heavy atom. The molecule has 0 bridgehead atoms. The molecule has 0 fully saturated rings. The number of alkyl halides is 3. The van der Waals surface area contributed by atoms with Gasteiger partial charge in [-0.25, -0.2) is 9.07 Å². The number of nitrogens with one attached hydrogen (secondary N) is 1. The summed E-state index contributed by atoms with van der Waals surface area (Å²) in [4.78, 5) is 38.7. The van der Waals surface area contributed by atoms with Crippen molar-refractivity contribution in [2.75, 3.05) is 16.8 Å². The molecule has 0 atom stereocenters. The number of halogens is 4. The number of hydrogen-bond donors (Lipinski definition) is 1. The summed E-state index contributed by atoms with van der Waals surface area (Å²) in [6, 6.07) is 9.22. The van der Waals surface area contributed by atoms with E-state index in [9.17, 15) is 31.9 Å². The molecule has 1 N–H and O–H groups in total. The molecule has 0 aliphatic carbocycles. The van der Waals surface area contributed by atoms with Crippen LogP contribution >= 0.6 is 0 Å². The number of fused-ring (bicyclic) bond motifs is 1. The second kappa shape index (κ2) is 7.94. The summed E-state index contributed by atoms with van der Waals surface area (Å²) in [7, 11) is 0. The van der Waals surface area contributed by atoms with Crippen LogP contribution < -0.4 is 21.3 Å². The molecule has 0 saturated carbocycles. The van der Waals surface area contributed by atoms with Crippen LogP contribution in [0.3, 0.4) is 0 Å². The number of amides is 1. The van der Waals surface area contributed by atoms with Gasteiger partial charge >= 0.3 is 17.3 Å². The zero-order valence-corrected chi connectivity index (χ0v) is 16.3. The van der Waals surface area contributed by atoms with Crippen LogP contribution in [0.15, 0.2) is 58.1 Å². The highest BCUT2D eigenvalue weighted by Crippen LogP contribution is 2.30. The molecule has 0 spiro atoms. The number of rotatable bonds is 4. The van der Waals surface area contributed by atoms with E-state index in [2.05, 4.69) is 10.4 Å². The molecule has 1 aromatic heterocycles. The minimum Gasteiger partial charge on any atom is -0.324 e. The van der Waals surface area contributed by atoms with E-state index in [1.807, 2.05) is 0 Å². The summed E-state index contributed by atoms with van der Waals surface area (Å²) in [5.74, 6) is -1.08. The van der Waals surface area contributed by atoms with Crippen LogP contribution in [0, 0.1) is 5.82 Å². The highest BCUT2D eigenvalue weighted by molar-refractivity contribution is 5.90. The van der Waals surface area contributed by atoms with Gasteiger partial charge in [-0.3, -0.25) is 19.0 Å². The van der Waals surface area contributed by atoms with Crippen molar-refractivity contribution >= 4 is 23.2 Å². The van der Waals surface area contributed by atoms with Gasteiger partial charge in [-0.15, -0.1) is 5.10 Å². The fraction of sp³-hybridized carbons (Fsp3) is 0.200. The van der Waals surface area contributed by atoms with E-state index < -0.39 is 41.1 Å². The first-order chi connectivity index (χ1) is 15.1. The van der Waals surface area contributed by atoms with Crippen LogP contribution in [0.4, 0.5) is 34.9 Å². The summed E-state index contributed by atoms with van der Waals surface area (Å²) in [6.07, 6.45) is -4.51. The maximum absolute atomic E-state index is 13.2. The summed E-state index contributed by atoms with van der Waals surface area (Å²) in [5.41, 5.74) is -2.13. The van der Waals surface area contributed by atoms with Crippen molar-refractivity contribution in [3.05, 3.63) is 80.6 Å². The normalized spacial score (nSPS) is 13.2. The lowest BCUT2D eigenvalue weighted by Gasteiger charge is -2.17. The Morgan fingerprint density at radius 1 is 0.969 bits per heavy atom. The Hall–Kier alpha value is -3.96. The molecule has 2 heterocycles. The molecular weight excluding hydrogens is 434 g/mol. The Morgan fingerprint density at radius 3 is 2.25 bits per heavy atom. The molecule has 32 heavy (non-hydrogen) atoms. The van der Waals surface area contributed by atoms with E-state index >= 15 is 0 Å². The smallest absolute Gasteiger partial charge is 0.324 e. The van der Waals surface area contributed by atoms with Gasteiger partial charge in [-0.05, 0) is 48.5 Å². The molecule has 1 aliphatic heterocycles. The highest BCUT2D eigenvalue weighted by atomic mass is 19.4. The van der Waals surface area contributed by atoms with Crippen molar-refractivity contribution < 1.29 is 22.4 Å². The second-order valence-corrected chi connectivity index (χ2v) is 6.97. The Kier molecular flexibility index (Phi) is 5.28. The van der Waals surface area contributed by atoms with E-state index in [1.165, 1.54) is 24.3 Å². The molecule has 0 saturated heterocycles. The fourth-order valence-corrected chi connectivity index (χ4v) is 3.28. The predicted molar refractivity (Wildman–Crippen MR) is 106 cm³/mol. The molecule has 1 aliphatic rings. The number of aromatic nitrogens is 3. The Bertz CT molecular complexity index is 1280. The quantitative estimate of drug-likeness (QED) is 0.488. The van der Waals surface area contributed by atoms with Gasteiger partial charge in [0.15, 0.2) is 0 Å². The third-order valence-corrected chi connectivity index (χ3v) is 4.83. The molecule has 166 valence electrons. The van der Waals surface area contributed by atoms with E-state index in [4.69, 9.17) is 0 Å². The Labute approximate surface area is 177 Å². The van der Waals surface area contributed by atoms with Crippen molar-refractivity contribution in [3.8, 4) is 0 Å². The van der Waals surface area contributed by atoms with Crippen molar-refractivity contribution in [3.63, 3.8) is 0 Å². The van der Waals surface area contributed by atoms with Crippen LogP contribution in [-0.2, 0) is 24.1 Å². The highest BCUT2D eigenvalue weighted by Gasteiger charge is 2.30. The van der Waals surface area contributed by atoms with Crippen LogP contribution in [0.5, 0.6) is 0 Å². The van der Waals surface area contributed by atoms with Crippen molar-refractivity contribution in [2.24, 2.45) is 0 Å². The standard InChI is InChI=1S/C20H15F4N5O3/c21-13-3-7-15(8-4-13)27-9-10-28-17(31)18(32)29(26-19(27)28)11-16(30)25-14-5-1-12(2-6-14)20(22,23)24/h1-8H,9-11H2,(H,25,30). The van der Waals surface area contributed by atoms with Gasteiger partial charge in [-0.1, -0.05) is 0 Å². The van der Waals surface area contributed by atoms with Gasteiger partial charge in [-0.2, -0.15) is 13.2 Å². The van der Waals surface area contributed by atoms with Crippen LogP contribution in [0.2, 0.25) is 0 Å². The number of nitrogens with zero attached hydrogens (tertiary/aromatic N) is 4. The molecule has 8 nitrogen and oxygen atoms in total. The third-order valence-electron chi connectivity index (χ3n) is 4.83. The van der Waals surface area contributed by atoms with Crippen molar-refractivity contribution in [1.82, 2.24) is 14.3 Å². The topological polar surface area (TPSA) is 89.2 Å². The summed E-state index contributed by atoms with van der Waals surface area (Å²) in [6.45, 7) is -0.123. The van der Waals surface area contributed by atoms with E-state index in [1.54, 1.807) is 4.90 Å². The lowest BCUT2D eigenvalue weighted by atomic mass is 10.2. The maximum atomic E-state index is 13.2. The number of carbonyl (C=O) groups excluding carboxylic acids is 1. The number of anilines is 3. The molecular formula is C20H15F4N5O3. The van der Waals surface area contributed by atoms with Gasteiger partial charge in [0.2, 0.25) is 11.9 Å². The monoisotopic (exact) mass is 449 g/mol. The van der Waals surface area contributed by atoms with Gasteiger partial charge in [0.05, 0.1) is 5.56 Å². The molecule has 2 aromatic carbocycles. The number of carbonyl (C=O) groups is 1. The second-order valence-electron chi connectivity index (χ2n) is 6.97. The van der Waals surface area contributed by atoms with Gasteiger partial charge in [0.1, 0.15) is 12.4 Å². The summed E-state index contributed by atoms with van der Waals surface area (Å²) in [5, 5.41) is 6.47. The zero-order valence-electron chi connectivity index (χ0n) is 16.3. The van der Waals surface area contributed by atoms with Crippen LogP contribution in [0.25, 0.3) is 0 Å². The maximum Gasteiger partial charge on any atom is 0.416 e. The van der Waals surface area contributed by atoms with Gasteiger partial charge in [0.25, 0.3) is 0 Å². The molecule has 0 radical (unpaired) electrons. The van der Waals surface area contributed by atoms with Crippen LogP contribution in [0.1, 0.15) is 5.56 Å². The minimum atomic E-state index is -4.51. The Balaban J connectivity index is 1.57. The van der Waals surface area contributed by atoms with Crippen molar-refractivity contribution in [2.45, 2.75) is 19.3 Å². The fourth-order valence-electron chi connectivity index (χ4n) is 3.28. The first-order valence-electron chi connectivity index (χ1n) is 9.35. The van der Waals surface area contributed by atoms with E-state index in [0.717, 1.165) is 28.8 Å². The number of benzene rings is 2. The van der Waals surface area contributed by atoms with Gasteiger partial charge in [0, 0.05) is 24.5 Å². The molecule has 3 aromatic rings. The zero-order chi connectivity index (χ0) is 23.0. The summed E-state index contributed by atoms with van der Waals surface area (Å²) < 4.78 is 53.0. The lowest BCUT2D eigenvalue weighted by Crippen LogP contribution is -2.44. The molecule has 1 amide bonds. The number of hydrogen-bond acceptors (Lipinski definition) is 5. The SMILES string of the molecule is O=C(Cn1nc2n(c(=O)c1=O)CCN2c1ccc(F)cc1)Nc1ccc(C(F)(F)F)cc1. The van der Waals surface area contributed by atoms with E-state index in [-0.39, 0.29) is 18.2 Å². The average molecular weight is 449 g/mol. The minimum absolute atomic E-state index is 0.0851. The molecule has 12 heteroatoms. The lowest BCUT2D eigenvalue weighted by molar-refractivity contribution is -0.137. The average Bonchev–Trinajstić information content (AvgIpc) is 3.16. The largest absolute Gasteiger partial charge is 0.416 e.